The van der Waals surface area contributed by atoms with E-state index in [2.05, 4.69) is 0 Å². The quantitative estimate of drug-likeness (QED) is 0.665. The summed E-state index contributed by atoms with van der Waals surface area (Å²) in [6.07, 6.45) is 4.99. The lowest BCUT2D eigenvalue weighted by molar-refractivity contribution is -0.168. The third kappa shape index (κ3) is 3.25. The molecule has 0 saturated heterocycles. The molecule has 3 heteroatoms. The topological polar surface area (TPSA) is 38.7 Å². The SMILES string of the molecule is COC(OC)C(O)CC1CCCC1. The van der Waals surface area contributed by atoms with Gasteiger partial charge in [-0.3, -0.25) is 0 Å². The number of methoxy groups -OCH3 is 2. The van der Waals surface area contributed by atoms with Gasteiger partial charge in [0.2, 0.25) is 0 Å². The summed E-state index contributed by atoms with van der Waals surface area (Å²) in [5.74, 6) is 0.669. The van der Waals surface area contributed by atoms with E-state index in [1.807, 2.05) is 0 Å². The van der Waals surface area contributed by atoms with Crippen molar-refractivity contribution in [2.75, 3.05) is 14.2 Å². The van der Waals surface area contributed by atoms with Gasteiger partial charge in [0.25, 0.3) is 0 Å². The van der Waals surface area contributed by atoms with Crippen LogP contribution in [0.2, 0.25) is 0 Å². The molecule has 1 fully saturated rings. The van der Waals surface area contributed by atoms with E-state index in [4.69, 9.17) is 9.47 Å². The van der Waals surface area contributed by atoms with Gasteiger partial charge in [-0.2, -0.15) is 0 Å². The summed E-state index contributed by atoms with van der Waals surface area (Å²) >= 11 is 0. The molecule has 1 unspecified atom stereocenters. The lowest BCUT2D eigenvalue weighted by Crippen LogP contribution is -2.31. The van der Waals surface area contributed by atoms with E-state index in [0.717, 1.165) is 6.42 Å². The summed E-state index contributed by atoms with van der Waals surface area (Å²) in [5.41, 5.74) is 0. The molecule has 1 aliphatic carbocycles. The Hall–Kier alpha value is -0.120. The summed E-state index contributed by atoms with van der Waals surface area (Å²) in [5, 5.41) is 9.72. The van der Waals surface area contributed by atoms with Crippen LogP contribution in [0.3, 0.4) is 0 Å². The van der Waals surface area contributed by atoms with Crippen molar-refractivity contribution >= 4 is 0 Å². The normalized spacial score (nSPS) is 21.2. The molecule has 3 nitrogen and oxygen atoms in total. The molecule has 0 aromatic rings. The predicted molar refractivity (Wildman–Crippen MR) is 50.4 cm³/mol. The molecule has 1 aliphatic rings. The molecule has 0 spiro atoms. The first-order chi connectivity index (χ1) is 6.27. The van der Waals surface area contributed by atoms with Gasteiger partial charge in [-0.15, -0.1) is 0 Å². The molecule has 1 saturated carbocycles. The van der Waals surface area contributed by atoms with Crippen LogP contribution in [0.25, 0.3) is 0 Å². The number of aliphatic hydroxyl groups excluding tert-OH is 1. The molecule has 0 heterocycles. The van der Waals surface area contributed by atoms with Crippen molar-refractivity contribution < 1.29 is 14.6 Å². The number of hydrogen-bond donors (Lipinski definition) is 1. The van der Waals surface area contributed by atoms with Crippen molar-refractivity contribution in [3.63, 3.8) is 0 Å². The maximum absolute atomic E-state index is 9.72. The number of aliphatic hydroxyl groups is 1. The Bertz CT molecular complexity index is 128. The van der Waals surface area contributed by atoms with E-state index in [1.165, 1.54) is 25.7 Å². The molecule has 13 heavy (non-hydrogen) atoms. The molecule has 0 bridgehead atoms. The average Bonchev–Trinajstić information content (AvgIpc) is 2.59. The van der Waals surface area contributed by atoms with E-state index < -0.39 is 12.4 Å². The van der Waals surface area contributed by atoms with E-state index >= 15 is 0 Å². The second kappa shape index (κ2) is 5.58. The van der Waals surface area contributed by atoms with Gasteiger partial charge in [-0.05, 0) is 12.3 Å². The minimum Gasteiger partial charge on any atom is -0.388 e. The Morgan fingerprint density at radius 1 is 1.23 bits per heavy atom. The smallest absolute Gasteiger partial charge is 0.182 e. The molecule has 0 radical (unpaired) electrons. The van der Waals surface area contributed by atoms with Crippen LogP contribution in [0.15, 0.2) is 0 Å². The molecule has 1 rings (SSSR count). The largest absolute Gasteiger partial charge is 0.388 e. The Balaban J connectivity index is 2.25. The monoisotopic (exact) mass is 188 g/mol. The first-order valence-electron chi connectivity index (χ1n) is 5.01. The van der Waals surface area contributed by atoms with Gasteiger partial charge in [0.05, 0.1) is 0 Å². The molecular weight excluding hydrogens is 168 g/mol. The second-order valence-corrected chi connectivity index (χ2v) is 3.79. The molecule has 0 amide bonds. The average molecular weight is 188 g/mol. The van der Waals surface area contributed by atoms with Gasteiger partial charge < -0.3 is 14.6 Å². The fraction of sp³-hybridized carbons (Fsp3) is 1.00. The first-order valence-corrected chi connectivity index (χ1v) is 5.01. The van der Waals surface area contributed by atoms with E-state index in [-0.39, 0.29) is 0 Å². The van der Waals surface area contributed by atoms with Crippen molar-refractivity contribution in [3.05, 3.63) is 0 Å². The van der Waals surface area contributed by atoms with Gasteiger partial charge in [-0.25, -0.2) is 0 Å². The molecular formula is C10H20O3. The van der Waals surface area contributed by atoms with Gasteiger partial charge in [0, 0.05) is 14.2 Å². The van der Waals surface area contributed by atoms with Gasteiger partial charge in [0.15, 0.2) is 6.29 Å². The van der Waals surface area contributed by atoms with Crippen LogP contribution in [0, 0.1) is 5.92 Å². The summed E-state index contributed by atoms with van der Waals surface area (Å²) in [6, 6.07) is 0. The van der Waals surface area contributed by atoms with Crippen LogP contribution in [0.5, 0.6) is 0 Å². The van der Waals surface area contributed by atoms with Crippen LogP contribution >= 0.6 is 0 Å². The first kappa shape index (κ1) is 11.0. The van der Waals surface area contributed by atoms with E-state index in [1.54, 1.807) is 14.2 Å². The summed E-state index contributed by atoms with van der Waals surface area (Å²) in [7, 11) is 3.12. The summed E-state index contributed by atoms with van der Waals surface area (Å²) in [4.78, 5) is 0. The summed E-state index contributed by atoms with van der Waals surface area (Å²) < 4.78 is 10.00. The Morgan fingerprint density at radius 3 is 2.23 bits per heavy atom. The van der Waals surface area contributed by atoms with Crippen LogP contribution in [-0.2, 0) is 9.47 Å². The van der Waals surface area contributed by atoms with Crippen molar-refractivity contribution in [3.8, 4) is 0 Å². The van der Waals surface area contributed by atoms with Crippen LogP contribution in [0.1, 0.15) is 32.1 Å². The zero-order valence-corrected chi connectivity index (χ0v) is 8.53. The zero-order chi connectivity index (χ0) is 9.68. The Morgan fingerprint density at radius 2 is 1.77 bits per heavy atom. The third-order valence-electron chi connectivity index (χ3n) is 2.83. The fourth-order valence-corrected chi connectivity index (χ4v) is 2.11. The van der Waals surface area contributed by atoms with Crippen molar-refractivity contribution in [2.24, 2.45) is 5.92 Å². The minimum atomic E-state index is -0.474. The zero-order valence-electron chi connectivity index (χ0n) is 8.53. The lowest BCUT2D eigenvalue weighted by atomic mass is 10.00. The van der Waals surface area contributed by atoms with Crippen molar-refractivity contribution in [2.45, 2.75) is 44.5 Å². The molecule has 0 aromatic carbocycles. The molecule has 0 aliphatic heterocycles. The molecule has 1 N–H and O–H groups in total. The Kier molecular flexibility index (Phi) is 4.70. The fourth-order valence-electron chi connectivity index (χ4n) is 2.11. The standard InChI is InChI=1S/C10H20O3/c1-12-10(13-2)9(11)7-8-5-3-4-6-8/h8-11H,3-7H2,1-2H3. The third-order valence-corrected chi connectivity index (χ3v) is 2.83. The minimum absolute atomic E-state index is 0.458. The van der Waals surface area contributed by atoms with Gasteiger partial charge >= 0.3 is 0 Å². The summed E-state index contributed by atoms with van der Waals surface area (Å²) in [6.45, 7) is 0. The van der Waals surface area contributed by atoms with Crippen molar-refractivity contribution in [1.82, 2.24) is 0 Å². The number of ether oxygens (including phenoxy) is 2. The lowest BCUT2D eigenvalue weighted by Gasteiger charge is -2.22. The number of hydrogen-bond acceptors (Lipinski definition) is 3. The maximum Gasteiger partial charge on any atom is 0.182 e. The molecule has 0 aromatic heterocycles. The van der Waals surface area contributed by atoms with Gasteiger partial charge in [0.1, 0.15) is 6.10 Å². The highest BCUT2D eigenvalue weighted by atomic mass is 16.7. The number of rotatable bonds is 5. The highest BCUT2D eigenvalue weighted by Gasteiger charge is 2.24. The second-order valence-electron chi connectivity index (χ2n) is 3.79. The van der Waals surface area contributed by atoms with E-state index in [0.29, 0.717) is 5.92 Å². The van der Waals surface area contributed by atoms with E-state index in [9.17, 15) is 5.11 Å². The molecule has 1 atom stereocenters. The van der Waals surface area contributed by atoms with Crippen molar-refractivity contribution in [1.29, 1.82) is 0 Å². The predicted octanol–water partition coefficient (Wildman–Crippen LogP) is 1.55. The molecule has 78 valence electrons. The van der Waals surface area contributed by atoms with Gasteiger partial charge in [-0.1, -0.05) is 25.7 Å². The highest BCUT2D eigenvalue weighted by Crippen LogP contribution is 2.29. The van der Waals surface area contributed by atoms with Crippen LogP contribution in [0.4, 0.5) is 0 Å². The Labute approximate surface area is 80.0 Å². The highest BCUT2D eigenvalue weighted by molar-refractivity contribution is 4.72. The van der Waals surface area contributed by atoms with Crippen LogP contribution in [-0.4, -0.2) is 31.7 Å². The maximum atomic E-state index is 9.72. The van der Waals surface area contributed by atoms with Crippen LogP contribution < -0.4 is 0 Å².